The van der Waals surface area contributed by atoms with Gasteiger partial charge in [0.15, 0.2) is 12.4 Å². The van der Waals surface area contributed by atoms with E-state index in [-0.39, 0.29) is 41.3 Å². The number of carbonyl (C=O) groups is 3. The van der Waals surface area contributed by atoms with Crippen LogP contribution in [0, 0.1) is 5.82 Å². The number of nitrogens with one attached hydrogen (secondary N) is 1. The predicted molar refractivity (Wildman–Crippen MR) is 112 cm³/mol. The zero-order chi connectivity index (χ0) is 22.5. The van der Waals surface area contributed by atoms with E-state index in [1.54, 1.807) is 6.92 Å². The lowest BCUT2D eigenvalue weighted by atomic mass is 10.1. The molecule has 0 aromatic heterocycles. The standard InChI is InChI=1S/C21H17Cl2FN2O5/c1-2-30-18(27)11-31-19-15(22)7-13(8-16(19)23)9-17-20(28)26(21(29)25-17)10-12-3-5-14(24)6-4-12/h3-9H,2,10-11H2,1H3,(H,25,29)/b17-9-. The molecule has 7 nitrogen and oxygen atoms in total. The first kappa shape index (κ1) is 22.6. The summed E-state index contributed by atoms with van der Waals surface area (Å²) in [7, 11) is 0. The van der Waals surface area contributed by atoms with Crippen molar-refractivity contribution in [2.24, 2.45) is 0 Å². The van der Waals surface area contributed by atoms with Crippen LogP contribution in [0.3, 0.4) is 0 Å². The van der Waals surface area contributed by atoms with Crippen LogP contribution in [-0.2, 0) is 20.9 Å². The van der Waals surface area contributed by atoms with Crippen LogP contribution in [0.1, 0.15) is 18.1 Å². The van der Waals surface area contributed by atoms with Crippen molar-refractivity contribution >= 4 is 47.2 Å². The maximum absolute atomic E-state index is 13.1. The molecule has 2 aromatic carbocycles. The molecule has 31 heavy (non-hydrogen) atoms. The van der Waals surface area contributed by atoms with Crippen LogP contribution in [0.15, 0.2) is 42.1 Å². The predicted octanol–water partition coefficient (Wildman–Crippen LogP) is 4.17. The molecular weight excluding hydrogens is 450 g/mol. The number of urea groups is 1. The van der Waals surface area contributed by atoms with E-state index in [0.717, 1.165) is 4.90 Å². The molecule has 0 saturated carbocycles. The van der Waals surface area contributed by atoms with E-state index in [1.165, 1.54) is 42.5 Å². The van der Waals surface area contributed by atoms with Crippen LogP contribution < -0.4 is 10.1 Å². The fourth-order valence-corrected chi connectivity index (χ4v) is 3.40. The number of hydrogen-bond acceptors (Lipinski definition) is 5. The summed E-state index contributed by atoms with van der Waals surface area (Å²) in [5, 5.41) is 2.72. The summed E-state index contributed by atoms with van der Waals surface area (Å²) in [6.45, 7) is 1.52. The van der Waals surface area contributed by atoms with Gasteiger partial charge in [-0.15, -0.1) is 0 Å². The quantitative estimate of drug-likeness (QED) is 0.376. The lowest BCUT2D eigenvalue weighted by Crippen LogP contribution is -2.30. The maximum atomic E-state index is 13.1. The van der Waals surface area contributed by atoms with Crippen molar-refractivity contribution in [3.05, 3.63) is 69.1 Å². The van der Waals surface area contributed by atoms with Gasteiger partial charge in [0, 0.05) is 0 Å². The van der Waals surface area contributed by atoms with Crippen molar-refractivity contribution in [2.75, 3.05) is 13.2 Å². The largest absolute Gasteiger partial charge is 0.479 e. The average Bonchev–Trinajstić information content (AvgIpc) is 2.96. The molecule has 0 aliphatic carbocycles. The molecule has 1 aliphatic heterocycles. The third-order valence-electron chi connectivity index (χ3n) is 4.19. The average molecular weight is 467 g/mol. The smallest absolute Gasteiger partial charge is 0.344 e. The number of hydrogen-bond donors (Lipinski definition) is 1. The molecule has 3 rings (SSSR count). The highest BCUT2D eigenvalue weighted by Gasteiger charge is 2.33. The number of halogens is 3. The van der Waals surface area contributed by atoms with Crippen molar-refractivity contribution in [3.8, 4) is 5.75 Å². The first-order chi connectivity index (χ1) is 14.8. The molecule has 3 amide bonds. The van der Waals surface area contributed by atoms with Crippen molar-refractivity contribution < 1.29 is 28.2 Å². The van der Waals surface area contributed by atoms with Gasteiger partial charge in [-0.1, -0.05) is 35.3 Å². The van der Waals surface area contributed by atoms with Gasteiger partial charge >= 0.3 is 12.0 Å². The number of imide groups is 1. The van der Waals surface area contributed by atoms with Crippen molar-refractivity contribution in [1.29, 1.82) is 0 Å². The number of ether oxygens (including phenoxy) is 2. The highest BCUT2D eigenvalue weighted by molar-refractivity contribution is 6.37. The number of carbonyl (C=O) groups excluding carboxylic acids is 3. The molecule has 0 radical (unpaired) electrons. The zero-order valence-electron chi connectivity index (χ0n) is 16.3. The third-order valence-corrected chi connectivity index (χ3v) is 4.75. The summed E-state index contributed by atoms with van der Waals surface area (Å²) in [6.07, 6.45) is 1.41. The molecular formula is C21H17Cl2FN2O5. The van der Waals surface area contributed by atoms with Gasteiger partial charge in [-0.3, -0.25) is 9.69 Å². The van der Waals surface area contributed by atoms with Crippen LogP contribution in [-0.4, -0.2) is 36.0 Å². The molecule has 0 spiro atoms. The van der Waals surface area contributed by atoms with E-state index < -0.39 is 23.7 Å². The molecule has 1 aliphatic rings. The molecule has 0 bridgehead atoms. The minimum Gasteiger partial charge on any atom is -0.479 e. The Morgan fingerprint density at radius 3 is 2.42 bits per heavy atom. The van der Waals surface area contributed by atoms with E-state index in [9.17, 15) is 18.8 Å². The molecule has 1 N–H and O–H groups in total. The van der Waals surface area contributed by atoms with E-state index in [0.29, 0.717) is 11.1 Å². The first-order valence-electron chi connectivity index (χ1n) is 9.15. The number of amides is 3. The Hall–Kier alpha value is -3.10. The van der Waals surface area contributed by atoms with Gasteiger partial charge in [-0.2, -0.15) is 0 Å². The third kappa shape index (κ3) is 5.53. The Balaban J connectivity index is 1.75. The highest BCUT2D eigenvalue weighted by Crippen LogP contribution is 2.35. The molecule has 0 unspecified atom stereocenters. The summed E-state index contributed by atoms with van der Waals surface area (Å²) in [4.78, 5) is 37.3. The van der Waals surface area contributed by atoms with Gasteiger partial charge in [0.25, 0.3) is 5.91 Å². The van der Waals surface area contributed by atoms with E-state index in [1.807, 2.05) is 0 Å². The Bertz CT molecular complexity index is 1030. The van der Waals surface area contributed by atoms with E-state index in [4.69, 9.17) is 32.7 Å². The zero-order valence-corrected chi connectivity index (χ0v) is 17.8. The number of benzene rings is 2. The van der Waals surface area contributed by atoms with Crippen LogP contribution in [0.4, 0.5) is 9.18 Å². The van der Waals surface area contributed by atoms with Gasteiger partial charge in [0.1, 0.15) is 11.5 Å². The molecule has 162 valence electrons. The SMILES string of the molecule is CCOC(=O)COc1c(Cl)cc(/C=C2\NC(=O)N(Cc3ccc(F)cc3)C2=O)cc1Cl. The summed E-state index contributed by atoms with van der Waals surface area (Å²) < 4.78 is 23.1. The molecule has 0 atom stereocenters. The van der Waals surface area contributed by atoms with Crippen LogP contribution in [0.2, 0.25) is 10.0 Å². The van der Waals surface area contributed by atoms with Crippen LogP contribution in [0.5, 0.6) is 5.75 Å². The van der Waals surface area contributed by atoms with Gasteiger partial charge in [-0.25, -0.2) is 14.0 Å². The van der Waals surface area contributed by atoms with Crippen molar-refractivity contribution in [1.82, 2.24) is 10.2 Å². The molecule has 1 fully saturated rings. The number of esters is 1. The monoisotopic (exact) mass is 466 g/mol. The second-order valence-electron chi connectivity index (χ2n) is 6.41. The molecule has 1 saturated heterocycles. The topological polar surface area (TPSA) is 84.9 Å². The fourth-order valence-electron chi connectivity index (χ4n) is 2.79. The van der Waals surface area contributed by atoms with Crippen LogP contribution in [0.25, 0.3) is 6.08 Å². The second kappa shape index (κ2) is 9.80. The lowest BCUT2D eigenvalue weighted by molar-refractivity contribution is -0.145. The fraction of sp³-hybridized carbons (Fsp3) is 0.190. The molecule has 10 heteroatoms. The van der Waals surface area contributed by atoms with Gasteiger partial charge in [0.2, 0.25) is 0 Å². The lowest BCUT2D eigenvalue weighted by Gasteiger charge is -2.11. The minimum absolute atomic E-state index is 0.00949. The Morgan fingerprint density at radius 2 is 1.81 bits per heavy atom. The number of rotatable bonds is 7. The first-order valence-corrected chi connectivity index (χ1v) is 9.90. The second-order valence-corrected chi connectivity index (χ2v) is 7.23. The Labute approximate surface area is 187 Å². The van der Waals surface area contributed by atoms with Gasteiger partial charge in [0.05, 0.1) is 23.2 Å². The molecule has 1 heterocycles. The number of nitrogens with zero attached hydrogens (tertiary/aromatic N) is 1. The van der Waals surface area contributed by atoms with Gasteiger partial charge in [-0.05, 0) is 48.4 Å². The van der Waals surface area contributed by atoms with E-state index in [2.05, 4.69) is 5.32 Å². The normalized spacial score (nSPS) is 14.7. The minimum atomic E-state index is -0.604. The van der Waals surface area contributed by atoms with Crippen LogP contribution >= 0.6 is 23.2 Å². The highest BCUT2D eigenvalue weighted by atomic mass is 35.5. The van der Waals surface area contributed by atoms with Gasteiger partial charge < -0.3 is 14.8 Å². The van der Waals surface area contributed by atoms with Crippen molar-refractivity contribution in [3.63, 3.8) is 0 Å². The summed E-state index contributed by atoms with van der Waals surface area (Å²) in [5.41, 5.74) is 1.06. The van der Waals surface area contributed by atoms with E-state index >= 15 is 0 Å². The molecule has 2 aromatic rings. The summed E-state index contributed by atoms with van der Waals surface area (Å²) in [6, 6.07) is 7.83. The van der Waals surface area contributed by atoms with Crippen molar-refractivity contribution in [2.45, 2.75) is 13.5 Å². The Kier molecular flexibility index (Phi) is 7.14. The summed E-state index contributed by atoms with van der Waals surface area (Å²) in [5.74, 6) is -1.44. The Morgan fingerprint density at radius 1 is 1.16 bits per heavy atom. The summed E-state index contributed by atoms with van der Waals surface area (Å²) >= 11 is 12.4. The maximum Gasteiger partial charge on any atom is 0.344 e.